The first-order valence-electron chi connectivity index (χ1n) is 9.11. The van der Waals surface area contributed by atoms with Crippen molar-refractivity contribution in [2.45, 2.75) is 30.4 Å². The van der Waals surface area contributed by atoms with E-state index in [1.54, 1.807) is 11.8 Å². The van der Waals surface area contributed by atoms with Gasteiger partial charge in [0.1, 0.15) is 0 Å². The summed E-state index contributed by atoms with van der Waals surface area (Å²) < 4.78 is 1.06. The van der Waals surface area contributed by atoms with E-state index in [-0.39, 0.29) is 11.2 Å². The van der Waals surface area contributed by atoms with Gasteiger partial charge in [-0.05, 0) is 55.3 Å². The van der Waals surface area contributed by atoms with Crippen LogP contribution in [0.4, 0.5) is 5.69 Å². The molecular formula is C21H25BrN2OS. The molecule has 1 atom stereocenters. The van der Waals surface area contributed by atoms with Crippen LogP contribution in [0.25, 0.3) is 0 Å². The van der Waals surface area contributed by atoms with Crippen LogP contribution in [0, 0.1) is 0 Å². The average Bonchev–Trinajstić information content (AvgIpc) is 2.69. The van der Waals surface area contributed by atoms with Gasteiger partial charge in [0.15, 0.2) is 0 Å². The smallest absolute Gasteiger partial charge is 0.235 e. The van der Waals surface area contributed by atoms with E-state index in [2.05, 4.69) is 64.2 Å². The fourth-order valence-corrected chi connectivity index (χ4v) is 4.37. The van der Waals surface area contributed by atoms with Gasteiger partial charge >= 0.3 is 0 Å². The highest BCUT2D eigenvalue weighted by atomic mass is 79.9. The molecule has 0 radical (unpaired) electrons. The Kier molecular flexibility index (Phi) is 6.65. The van der Waals surface area contributed by atoms with Gasteiger partial charge in [0.25, 0.3) is 0 Å². The fourth-order valence-electron chi connectivity index (χ4n) is 3.15. The van der Waals surface area contributed by atoms with E-state index in [9.17, 15) is 4.79 Å². The number of benzene rings is 2. The van der Waals surface area contributed by atoms with E-state index in [1.165, 1.54) is 11.3 Å². The van der Waals surface area contributed by atoms with Crippen LogP contribution < -0.4 is 4.90 Å². The standard InChI is InChI=1S/C21H25BrN2OS/c1-3-17-4-8-19(9-5-17)23-12-14-24(15-13-23)21(25)16(2)26-20-10-6-18(22)7-11-20/h4-11,16H,3,12-15H2,1-2H3. The predicted octanol–water partition coefficient (Wildman–Crippen LogP) is 4.84. The molecule has 1 aliphatic heterocycles. The molecule has 0 N–H and O–H groups in total. The summed E-state index contributed by atoms with van der Waals surface area (Å²) in [6.07, 6.45) is 1.07. The fraction of sp³-hybridized carbons (Fsp3) is 0.381. The molecule has 3 rings (SSSR count). The van der Waals surface area contributed by atoms with E-state index >= 15 is 0 Å². The Morgan fingerprint density at radius 2 is 1.65 bits per heavy atom. The third-order valence-electron chi connectivity index (χ3n) is 4.78. The molecule has 1 amide bonds. The molecule has 0 aromatic heterocycles. The summed E-state index contributed by atoms with van der Waals surface area (Å²) in [6.45, 7) is 7.55. The minimum atomic E-state index is -0.0634. The number of amides is 1. The predicted molar refractivity (Wildman–Crippen MR) is 114 cm³/mol. The molecule has 2 aromatic rings. The number of nitrogens with zero attached hydrogens (tertiary/aromatic N) is 2. The summed E-state index contributed by atoms with van der Waals surface area (Å²) in [5, 5.41) is -0.0634. The average molecular weight is 433 g/mol. The number of carbonyl (C=O) groups excluding carboxylic acids is 1. The lowest BCUT2D eigenvalue weighted by atomic mass is 10.1. The molecule has 1 fully saturated rings. The zero-order chi connectivity index (χ0) is 18.5. The third-order valence-corrected chi connectivity index (χ3v) is 6.40. The first-order chi connectivity index (χ1) is 12.6. The summed E-state index contributed by atoms with van der Waals surface area (Å²) >= 11 is 5.08. The molecule has 1 saturated heterocycles. The number of aryl methyl sites for hydroxylation is 1. The first kappa shape index (κ1) is 19.3. The Morgan fingerprint density at radius 3 is 2.23 bits per heavy atom. The van der Waals surface area contributed by atoms with Crippen molar-refractivity contribution in [3.05, 3.63) is 58.6 Å². The van der Waals surface area contributed by atoms with E-state index < -0.39 is 0 Å². The highest BCUT2D eigenvalue weighted by molar-refractivity contribution is 9.10. The van der Waals surface area contributed by atoms with Crippen molar-refractivity contribution >= 4 is 39.3 Å². The maximum Gasteiger partial charge on any atom is 0.235 e. The van der Waals surface area contributed by atoms with Crippen LogP contribution >= 0.6 is 27.7 Å². The van der Waals surface area contributed by atoms with E-state index in [1.807, 2.05) is 24.0 Å². The van der Waals surface area contributed by atoms with Gasteiger partial charge in [-0.2, -0.15) is 0 Å². The van der Waals surface area contributed by atoms with Crippen molar-refractivity contribution in [2.75, 3.05) is 31.1 Å². The molecule has 0 spiro atoms. The zero-order valence-electron chi connectivity index (χ0n) is 15.3. The first-order valence-corrected chi connectivity index (χ1v) is 10.8. The van der Waals surface area contributed by atoms with E-state index in [0.717, 1.165) is 42.0 Å². The Morgan fingerprint density at radius 1 is 1.04 bits per heavy atom. The molecule has 0 saturated carbocycles. The SMILES string of the molecule is CCc1ccc(N2CCN(C(=O)C(C)Sc3ccc(Br)cc3)CC2)cc1. The molecule has 0 aliphatic carbocycles. The summed E-state index contributed by atoms with van der Waals surface area (Å²) in [7, 11) is 0. The number of halogens is 1. The monoisotopic (exact) mass is 432 g/mol. The Labute approximate surface area is 168 Å². The van der Waals surface area contributed by atoms with Crippen molar-refractivity contribution in [2.24, 2.45) is 0 Å². The molecule has 26 heavy (non-hydrogen) atoms. The molecule has 1 heterocycles. The topological polar surface area (TPSA) is 23.6 Å². The molecule has 2 aromatic carbocycles. The van der Waals surface area contributed by atoms with Crippen LogP contribution in [0.3, 0.4) is 0 Å². The van der Waals surface area contributed by atoms with Crippen LogP contribution in [0.1, 0.15) is 19.4 Å². The highest BCUT2D eigenvalue weighted by Gasteiger charge is 2.25. The lowest BCUT2D eigenvalue weighted by Gasteiger charge is -2.37. The highest BCUT2D eigenvalue weighted by Crippen LogP contribution is 2.26. The van der Waals surface area contributed by atoms with Gasteiger partial charge in [-0.1, -0.05) is 35.0 Å². The molecule has 0 bridgehead atoms. The lowest BCUT2D eigenvalue weighted by Crippen LogP contribution is -2.50. The maximum absolute atomic E-state index is 12.8. The number of carbonyl (C=O) groups is 1. The van der Waals surface area contributed by atoms with Gasteiger partial charge in [-0.3, -0.25) is 4.79 Å². The second kappa shape index (κ2) is 8.96. The number of rotatable bonds is 5. The van der Waals surface area contributed by atoms with Crippen molar-refractivity contribution in [1.29, 1.82) is 0 Å². The van der Waals surface area contributed by atoms with E-state index in [0.29, 0.717) is 0 Å². The van der Waals surface area contributed by atoms with Gasteiger partial charge < -0.3 is 9.80 Å². The minimum Gasteiger partial charge on any atom is -0.368 e. The van der Waals surface area contributed by atoms with Gasteiger partial charge in [0.2, 0.25) is 5.91 Å². The number of piperazine rings is 1. The third kappa shape index (κ3) is 4.83. The quantitative estimate of drug-likeness (QED) is 0.631. The van der Waals surface area contributed by atoms with Crippen LogP contribution in [-0.4, -0.2) is 42.2 Å². The van der Waals surface area contributed by atoms with Crippen LogP contribution in [0.2, 0.25) is 0 Å². The number of anilines is 1. The van der Waals surface area contributed by atoms with Gasteiger partial charge in [-0.25, -0.2) is 0 Å². The molecule has 1 unspecified atom stereocenters. The normalized spacial score (nSPS) is 15.8. The summed E-state index contributed by atoms with van der Waals surface area (Å²) in [5.74, 6) is 0.235. The molecule has 3 nitrogen and oxygen atoms in total. The van der Waals surface area contributed by atoms with Crippen molar-refractivity contribution in [3.63, 3.8) is 0 Å². The Bertz CT molecular complexity index is 725. The van der Waals surface area contributed by atoms with Gasteiger partial charge in [0, 0.05) is 41.2 Å². The summed E-state index contributed by atoms with van der Waals surface area (Å²) in [6, 6.07) is 16.9. The van der Waals surface area contributed by atoms with E-state index in [4.69, 9.17) is 0 Å². The summed E-state index contributed by atoms with van der Waals surface area (Å²) in [4.78, 5) is 18.3. The van der Waals surface area contributed by atoms with Crippen molar-refractivity contribution in [1.82, 2.24) is 4.90 Å². The summed E-state index contributed by atoms with van der Waals surface area (Å²) in [5.41, 5.74) is 2.62. The lowest BCUT2D eigenvalue weighted by molar-refractivity contribution is -0.130. The van der Waals surface area contributed by atoms with Gasteiger partial charge in [-0.15, -0.1) is 11.8 Å². The maximum atomic E-state index is 12.8. The molecule has 1 aliphatic rings. The molecular weight excluding hydrogens is 408 g/mol. The largest absolute Gasteiger partial charge is 0.368 e. The second-order valence-electron chi connectivity index (χ2n) is 6.55. The van der Waals surface area contributed by atoms with Gasteiger partial charge in [0.05, 0.1) is 5.25 Å². The van der Waals surface area contributed by atoms with Crippen molar-refractivity contribution in [3.8, 4) is 0 Å². The Hall–Kier alpha value is -1.46. The van der Waals surface area contributed by atoms with Crippen LogP contribution in [0.5, 0.6) is 0 Å². The Balaban J connectivity index is 1.53. The van der Waals surface area contributed by atoms with Crippen LogP contribution in [-0.2, 0) is 11.2 Å². The number of hydrogen-bond acceptors (Lipinski definition) is 3. The van der Waals surface area contributed by atoms with Crippen LogP contribution in [0.15, 0.2) is 57.9 Å². The number of hydrogen-bond donors (Lipinski definition) is 0. The van der Waals surface area contributed by atoms with Crippen molar-refractivity contribution < 1.29 is 4.79 Å². The zero-order valence-corrected chi connectivity index (χ0v) is 17.7. The minimum absolute atomic E-state index is 0.0634. The second-order valence-corrected chi connectivity index (χ2v) is 8.88. The number of thioether (sulfide) groups is 1. The molecule has 138 valence electrons. The molecule has 5 heteroatoms.